The summed E-state index contributed by atoms with van der Waals surface area (Å²) in [5.74, 6) is 0.823. The Hall–Kier alpha value is -1.85. The minimum absolute atomic E-state index is 0.0607. The summed E-state index contributed by atoms with van der Waals surface area (Å²) >= 11 is 0. The van der Waals surface area contributed by atoms with Crippen LogP contribution < -0.4 is 4.74 Å². The molecule has 5 heteroatoms. The van der Waals surface area contributed by atoms with Gasteiger partial charge >= 0.3 is 0 Å². The topological polar surface area (TPSA) is 47.7 Å². The molecule has 2 fully saturated rings. The zero-order valence-electron chi connectivity index (χ0n) is 13.2. The van der Waals surface area contributed by atoms with E-state index in [4.69, 9.17) is 13.9 Å². The van der Waals surface area contributed by atoms with E-state index in [2.05, 4.69) is 9.88 Å². The molecule has 4 rings (SSSR count). The molecule has 4 heterocycles. The molecule has 0 bridgehead atoms. The molecule has 2 aromatic rings. The number of piperidine rings is 1. The fourth-order valence-electron chi connectivity index (χ4n) is 3.74. The monoisotopic (exact) mass is 314 g/mol. The molecule has 1 spiro atoms. The highest BCUT2D eigenvalue weighted by Crippen LogP contribution is 2.36. The molecule has 23 heavy (non-hydrogen) atoms. The second kappa shape index (κ2) is 6.34. The Kier molecular flexibility index (Phi) is 4.06. The van der Waals surface area contributed by atoms with Crippen LogP contribution in [0.4, 0.5) is 0 Å². The summed E-state index contributed by atoms with van der Waals surface area (Å²) in [4.78, 5) is 6.56. The summed E-state index contributed by atoms with van der Waals surface area (Å²) in [5.41, 5.74) is 1.16. The van der Waals surface area contributed by atoms with Gasteiger partial charge in [-0.05, 0) is 37.6 Å². The van der Waals surface area contributed by atoms with Gasteiger partial charge in [-0.1, -0.05) is 0 Å². The number of hydrogen-bond acceptors (Lipinski definition) is 5. The van der Waals surface area contributed by atoms with E-state index >= 15 is 0 Å². The molecular formula is C18H22N2O3. The number of nitrogens with zero attached hydrogens (tertiary/aromatic N) is 2. The Balaban J connectivity index is 1.37. The minimum Gasteiger partial charge on any atom is -0.486 e. The first-order valence-electron chi connectivity index (χ1n) is 8.25. The molecule has 0 amide bonds. The van der Waals surface area contributed by atoms with Crippen LogP contribution in [0.15, 0.2) is 47.5 Å². The van der Waals surface area contributed by atoms with E-state index in [1.54, 1.807) is 18.7 Å². The van der Waals surface area contributed by atoms with Crippen molar-refractivity contribution in [3.05, 3.63) is 48.7 Å². The van der Waals surface area contributed by atoms with Gasteiger partial charge in [0.15, 0.2) is 0 Å². The van der Waals surface area contributed by atoms with Crippen molar-refractivity contribution in [2.75, 3.05) is 19.7 Å². The van der Waals surface area contributed by atoms with Crippen LogP contribution in [-0.4, -0.2) is 41.3 Å². The second-order valence-corrected chi connectivity index (χ2v) is 6.57. The normalized spacial score (nSPS) is 28.3. The molecule has 0 saturated carbocycles. The van der Waals surface area contributed by atoms with Crippen molar-refractivity contribution in [3.8, 4) is 5.75 Å². The molecular weight excluding hydrogens is 292 g/mol. The van der Waals surface area contributed by atoms with Gasteiger partial charge in [0.2, 0.25) is 0 Å². The lowest BCUT2D eigenvalue weighted by atomic mass is 9.89. The van der Waals surface area contributed by atoms with Crippen molar-refractivity contribution in [3.63, 3.8) is 0 Å². The number of aromatic nitrogens is 1. The van der Waals surface area contributed by atoms with Gasteiger partial charge in [0.25, 0.3) is 0 Å². The summed E-state index contributed by atoms with van der Waals surface area (Å²) in [6.45, 7) is 3.67. The summed E-state index contributed by atoms with van der Waals surface area (Å²) in [6, 6.07) is 5.88. The van der Waals surface area contributed by atoms with Gasteiger partial charge in [0, 0.05) is 31.3 Å². The number of hydrogen-bond donors (Lipinski definition) is 0. The Morgan fingerprint density at radius 3 is 3.22 bits per heavy atom. The van der Waals surface area contributed by atoms with Crippen LogP contribution in [0.5, 0.6) is 5.75 Å². The van der Waals surface area contributed by atoms with Crippen molar-refractivity contribution < 1.29 is 13.9 Å². The van der Waals surface area contributed by atoms with Gasteiger partial charge in [0.05, 0.1) is 30.9 Å². The average molecular weight is 314 g/mol. The number of likely N-dealkylation sites (tertiary alicyclic amines) is 1. The zero-order chi connectivity index (χ0) is 15.5. The average Bonchev–Trinajstić information content (AvgIpc) is 3.19. The van der Waals surface area contributed by atoms with Gasteiger partial charge in [0.1, 0.15) is 11.9 Å². The fourth-order valence-corrected chi connectivity index (χ4v) is 3.74. The van der Waals surface area contributed by atoms with Gasteiger partial charge in [-0.2, -0.15) is 0 Å². The molecule has 2 aliphatic heterocycles. The molecule has 5 nitrogen and oxygen atoms in total. The lowest BCUT2D eigenvalue weighted by molar-refractivity contribution is -0.0538. The lowest BCUT2D eigenvalue weighted by Crippen LogP contribution is -2.47. The predicted octanol–water partition coefficient (Wildman–Crippen LogP) is 2.88. The molecule has 0 N–H and O–H groups in total. The predicted molar refractivity (Wildman–Crippen MR) is 85.2 cm³/mol. The van der Waals surface area contributed by atoms with Crippen molar-refractivity contribution in [1.29, 1.82) is 0 Å². The fraction of sp³-hybridized carbons (Fsp3) is 0.500. The van der Waals surface area contributed by atoms with Crippen molar-refractivity contribution in [1.82, 2.24) is 9.88 Å². The van der Waals surface area contributed by atoms with Crippen LogP contribution in [0.2, 0.25) is 0 Å². The van der Waals surface area contributed by atoms with E-state index in [0.29, 0.717) is 6.61 Å². The van der Waals surface area contributed by atoms with Gasteiger partial charge in [-0.15, -0.1) is 0 Å². The molecule has 2 atom stereocenters. The third kappa shape index (κ3) is 3.41. The molecule has 0 radical (unpaired) electrons. The number of furan rings is 1. The molecule has 2 aromatic heterocycles. The molecule has 0 aromatic carbocycles. The Morgan fingerprint density at radius 2 is 2.39 bits per heavy atom. The molecule has 0 aliphatic carbocycles. The van der Waals surface area contributed by atoms with E-state index in [0.717, 1.165) is 44.6 Å². The SMILES string of the molecule is c1cncc(O[C@@H]2CO[C@@]3(CCCN(Cc4ccoc4)C3)C2)c1. The third-order valence-electron chi connectivity index (χ3n) is 4.72. The van der Waals surface area contributed by atoms with Crippen LogP contribution in [-0.2, 0) is 11.3 Å². The number of pyridine rings is 1. The van der Waals surface area contributed by atoms with E-state index in [-0.39, 0.29) is 11.7 Å². The quantitative estimate of drug-likeness (QED) is 0.868. The Labute approximate surface area is 136 Å². The maximum Gasteiger partial charge on any atom is 0.138 e. The minimum atomic E-state index is -0.0607. The van der Waals surface area contributed by atoms with Gasteiger partial charge in [-0.25, -0.2) is 0 Å². The van der Waals surface area contributed by atoms with Crippen LogP contribution in [0, 0.1) is 0 Å². The smallest absolute Gasteiger partial charge is 0.138 e. The van der Waals surface area contributed by atoms with Crippen molar-refractivity contribution in [2.24, 2.45) is 0 Å². The van der Waals surface area contributed by atoms with Crippen LogP contribution in [0.25, 0.3) is 0 Å². The second-order valence-electron chi connectivity index (χ2n) is 6.57. The van der Waals surface area contributed by atoms with Crippen LogP contribution >= 0.6 is 0 Å². The first kappa shape index (κ1) is 14.7. The van der Waals surface area contributed by atoms with Crippen LogP contribution in [0.1, 0.15) is 24.8 Å². The molecule has 0 unspecified atom stereocenters. The van der Waals surface area contributed by atoms with Gasteiger partial charge in [-0.3, -0.25) is 9.88 Å². The maximum absolute atomic E-state index is 6.21. The number of ether oxygens (including phenoxy) is 2. The standard InChI is InChI=1S/C18H22N2O3/c1-3-16(10-19-6-1)23-17-9-18(22-13-17)5-2-7-20(14-18)11-15-4-8-21-12-15/h1,3-4,6,8,10,12,17H,2,5,7,9,11,13-14H2/t17-,18-/m0/s1. The largest absolute Gasteiger partial charge is 0.486 e. The highest BCUT2D eigenvalue weighted by atomic mass is 16.6. The van der Waals surface area contributed by atoms with Crippen molar-refractivity contribution >= 4 is 0 Å². The highest BCUT2D eigenvalue weighted by molar-refractivity contribution is 5.16. The Morgan fingerprint density at radius 1 is 1.39 bits per heavy atom. The lowest BCUT2D eigenvalue weighted by Gasteiger charge is -2.39. The summed E-state index contributed by atoms with van der Waals surface area (Å²) in [5, 5.41) is 0. The molecule has 122 valence electrons. The summed E-state index contributed by atoms with van der Waals surface area (Å²) < 4.78 is 17.4. The third-order valence-corrected chi connectivity index (χ3v) is 4.72. The molecule has 2 aliphatic rings. The first-order chi connectivity index (χ1) is 11.3. The maximum atomic E-state index is 6.21. The van der Waals surface area contributed by atoms with E-state index in [1.807, 2.05) is 24.5 Å². The van der Waals surface area contributed by atoms with Gasteiger partial charge < -0.3 is 13.9 Å². The van der Waals surface area contributed by atoms with Crippen molar-refractivity contribution in [2.45, 2.75) is 37.5 Å². The van der Waals surface area contributed by atoms with Crippen LogP contribution in [0.3, 0.4) is 0 Å². The first-order valence-corrected chi connectivity index (χ1v) is 8.25. The van der Waals surface area contributed by atoms with E-state index in [1.165, 1.54) is 5.56 Å². The zero-order valence-corrected chi connectivity index (χ0v) is 13.2. The summed E-state index contributed by atoms with van der Waals surface area (Å²) in [7, 11) is 0. The number of rotatable bonds is 4. The van der Waals surface area contributed by atoms with E-state index in [9.17, 15) is 0 Å². The van der Waals surface area contributed by atoms with E-state index < -0.39 is 0 Å². The highest BCUT2D eigenvalue weighted by Gasteiger charge is 2.44. The molecule has 2 saturated heterocycles. The Bertz CT molecular complexity index is 616. The summed E-state index contributed by atoms with van der Waals surface area (Å²) in [6.07, 6.45) is 10.4.